The van der Waals surface area contributed by atoms with Gasteiger partial charge in [-0.2, -0.15) is 4.98 Å². The van der Waals surface area contributed by atoms with E-state index in [0.717, 1.165) is 5.69 Å². The molecule has 3 aromatic rings. The van der Waals surface area contributed by atoms with Crippen molar-refractivity contribution in [3.63, 3.8) is 0 Å². The monoisotopic (exact) mass is 400 g/mol. The molecule has 9 heteroatoms. The molecule has 1 aliphatic rings. The summed E-state index contributed by atoms with van der Waals surface area (Å²) in [6.45, 7) is 0.0795. The molecule has 1 aliphatic heterocycles. The lowest BCUT2D eigenvalue weighted by Gasteiger charge is -2.31. The van der Waals surface area contributed by atoms with Crippen molar-refractivity contribution in [2.24, 2.45) is 0 Å². The Kier molecular flexibility index (Phi) is 4.56. The van der Waals surface area contributed by atoms with E-state index in [1.54, 1.807) is 44.4 Å². The quantitative estimate of drug-likeness (QED) is 0.671. The first-order valence-electron chi connectivity index (χ1n) is 8.38. The average molecular weight is 401 g/mol. The minimum atomic E-state index is -0.177. The first-order chi connectivity index (χ1) is 13.5. The van der Waals surface area contributed by atoms with Gasteiger partial charge in [-0.05, 0) is 29.8 Å². The minimum Gasteiger partial charge on any atom is -0.497 e. The number of amides is 1. The molecule has 28 heavy (non-hydrogen) atoms. The van der Waals surface area contributed by atoms with E-state index in [9.17, 15) is 4.79 Å². The number of carbonyl (C=O) groups is 1. The zero-order chi connectivity index (χ0) is 19.8. The Bertz CT molecular complexity index is 1090. The highest BCUT2D eigenvalue weighted by molar-refractivity contribution is 6.29. The third kappa shape index (κ3) is 3.01. The molecule has 0 radical (unpaired) electrons. The molecule has 8 nitrogen and oxygen atoms in total. The average Bonchev–Trinajstić information content (AvgIpc) is 2.70. The summed E-state index contributed by atoms with van der Waals surface area (Å²) in [7, 11) is 4.67. The number of methoxy groups -OCH3 is 3. The highest BCUT2D eigenvalue weighted by Crippen LogP contribution is 2.41. The van der Waals surface area contributed by atoms with Crippen LogP contribution in [0.3, 0.4) is 0 Å². The third-order valence-electron chi connectivity index (χ3n) is 4.48. The molecule has 4 rings (SSSR count). The Morgan fingerprint density at radius 3 is 2.50 bits per heavy atom. The summed E-state index contributed by atoms with van der Waals surface area (Å²) in [6.07, 6.45) is 0. The highest BCUT2D eigenvalue weighted by atomic mass is 35.5. The summed E-state index contributed by atoms with van der Waals surface area (Å²) in [5.74, 6) is 2.01. The first kappa shape index (κ1) is 18.1. The molecule has 0 atom stereocenters. The Labute approximate surface area is 166 Å². The van der Waals surface area contributed by atoms with Crippen LogP contribution in [0.5, 0.6) is 17.2 Å². The van der Waals surface area contributed by atoms with Crippen LogP contribution in [0.15, 0.2) is 30.3 Å². The maximum Gasteiger partial charge on any atom is 0.244 e. The maximum absolute atomic E-state index is 12.3. The fraction of sp³-hybridized carbons (Fsp3) is 0.211. The van der Waals surface area contributed by atoms with Gasteiger partial charge in [0.15, 0.2) is 11.5 Å². The second kappa shape index (κ2) is 7.05. The lowest BCUT2D eigenvalue weighted by atomic mass is 10.1. The lowest BCUT2D eigenvalue weighted by Crippen LogP contribution is -2.35. The second-order valence-corrected chi connectivity index (χ2v) is 6.40. The van der Waals surface area contributed by atoms with E-state index in [1.807, 2.05) is 12.1 Å². The molecule has 0 saturated heterocycles. The van der Waals surface area contributed by atoms with Gasteiger partial charge in [0.1, 0.15) is 18.1 Å². The van der Waals surface area contributed by atoms with Gasteiger partial charge < -0.3 is 24.4 Å². The van der Waals surface area contributed by atoms with E-state index in [-0.39, 0.29) is 17.7 Å². The number of carbonyl (C=O) groups excluding carboxylic acids is 1. The molecule has 2 aromatic carbocycles. The maximum atomic E-state index is 12.3. The zero-order valence-corrected chi connectivity index (χ0v) is 16.2. The zero-order valence-electron chi connectivity index (χ0n) is 15.4. The molecule has 0 aliphatic carbocycles. The smallest absolute Gasteiger partial charge is 0.244 e. The number of nitrogens with zero attached hydrogens (tertiary/aromatic N) is 3. The van der Waals surface area contributed by atoms with Crippen LogP contribution in [-0.4, -0.2) is 43.7 Å². The number of nitrogens with one attached hydrogen (secondary N) is 1. The molecule has 0 saturated carbocycles. The van der Waals surface area contributed by atoms with Gasteiger partial charge in [-0.15, -0.1) is 0 Å². The van der Waals surface area contributed by atoms with Crippen LogP contribution in [0.4, 0.5) is 17.2 Å². The largest absolute Gasteiger partial charge is 0.497 e. The van der Waals surface area contributed by atoms with Gasteiger partial charge in [-0.25, -0.2) is 4.98 Å². The summed E-state index contributed by atoms with van der Waals surface area (Å²) >= 11 is 6.18. The second-order valence-electron chi connectivity index (χ2n) is 6.06. The molecule has 1 N–H and O–H groups in total. The van der Waals surface area contributed by atoms with Crippen molar-refractivity contribution in [3.05, 3.63) is 35.6 Å². The van der Waals surface area contributed by atoms with Crippen LogP contribution in [0.25, 0.3) is 10.9 Å². The number of rotatable bonds is 4. The van der Waals surface area contributed by atoms with E-state index in [1.165, 1.54) is 0 Å². The molecule has 144 valence electrons. The molecule has 0 bridgehead atoms. The third-order valence-corrected chi connectivity index (χ3v) is 4.65. The van der Waals surface area contributed by atoms with Crippen LogP contribution >= 0.6 is 11.6 Å². The summed E-state index contributed by atoms with van der Waals surface area (Å²) in [5, 5.41) is 3.60. The number of aromatic nitrogens is 2. The SMILES string of the molecule is COc1ccc2c(c1)NC(=O)CN2c1nc(Cl)nc2cc(OC)c(OC)cc12. The van der Waals surface area contributed by atoms with Crippen LogP contribution in [0.2, 0.25) is 5.28 Å². The van der Waals surface area contributed by atoms with Crippen LogP contribution in [-0.2, 0) is 4.79 Å². The van der Waals surface area contributed by atoms with Crippen LogP contribution < -0.4 is 24.4 Å². The van der Waals surface area contributed by atoms with Crippen LogP contribution in [0.1, 0.15) is 0 Å². The van der Waals surface area contributed by atoms with E-state index >= 15 is 0 Å². The molecule has 2 heterocycles. The van der Waals surface area contributed by atoms with E-state index in [2.05, 4.69) is 15.3 Å². The Balaban J connectivity index is 1.95. The van der Waals surface area contributed by atoms with Crippen LogP contribution in [0, 0.1) is 0 Å². The van der Waals surface area contributed by atoms with Crippen molar-refractivity contribution in [1.82, 2.24) is 9.97 Å². The molecular weight excluding hydrogens is 384 g/mol. The predicted octanol–water partition coefficient (Wildman–Crippen LogP) is 3.40. The topological polar surface area (TPSA) is 85.8 Å². The van der Waals surface area contributed by atoms with Gasteiger partial charge in [0, 0.05) is 17.5 Å². The number of fused-ring (bicyclic) bond motifs is 2. The lowest BCUT2D eigenvalue weighted by molar-refractivity contribution is -0.115. The Morgan fingerprint density at radius 2 is 1.79 bits per heavy atom. The summed E-state index contributed by atoms with van der Waals surface area (Å²) in [4.78, 5) is 22.8. The number of benzene rings is 2. The summed E-state index contributed by atoms with van der Waals surface area (Å²) < 4.78 is 16.0. The van der Waals surface area contributed by atoms with Crippen molar-refractivity contribution in [2.45, 2.75) is 0 Å². The fourth-order valence-corrected chi connectivity index (χ4v) is 3.37. The van der Waals surface area contributed by atoms with Gasteiger partial charge in [-0.3, -0.25) is 4.79 Å². The van der Waals surface area contributed by atoms with Gasteiger partial charge in [0.25, 0.3) is 0 Å². The van der Waals surface area contributed by atoms with Crippen molar-refractivity contribution in [2.75, 3.05) is 38.1 Å². The van der Waals surface area contributed by atoms with Crippen molar-refractivity contribution < 1.29 is 19.0 Å². The Hall–Kier alpha value is -3.26. The van der Waals surface area contributed by atoms with Crippen molar-refractivity contribution in [1.29, 1.82) is 0 Å². The molecule has 0 fully saturated rings. The molecule has 0 spiro atoms. The highest BCUT2D eigenvalue weighted by Gasteiger charge is 2.27. The molecular formula is C19H17ClN4O4. The number of ether oxygens (including phenoxy) is 3. The number of anilines is 3. The summed E-state index contributed by atoms with van der Waals surface area (Å²) in [6, 6.07) is 8.93. The predicted molar refractivity (Wildman–Crippen MR) is 106 cm³/mol. The standard InChI is InChI=1S/C19H17ClN4O4/c1-26-10-4-5-14-13(6-10)21-17(25)9-24(14)18-11-7-15(27-2)16(28-3)8-12(11)22-19(20)23-18/h4-8H,9H2,1-3H3,(H,21,25). The van der Waals surface area contributed by atoms with Crippen molar-refractivity contribution >= 4 is 45.6 Å². The van der Waals surface area contributed by atoms with Crippen molar-refractivity contribution in [3.8, 4) is 17.2 Å². The van der Waals surface area contributed by atoms with Gasteiger partial charge >= 0.3 is 0 Å². The number of hydrogen-bond acceptors (Lipinski definition) is 7. The summed E-state index contributed by atoms with van der Waals surface area (Å²) in [5.41, 5.74) is 1.97. The normalized spacial score (nSPS) is 13.1. The first-order valence-corrected chi connectivity index (χ1v) is 8.76. The van der Waals surface area contributed by atoms with E-state index in [0.29, 0.717) is 39.7 Å². The van der Waals surface area contributed by atoms with Gasteiger partial charge in [0.2, 0.25) is 11.2 Å². The Morgan fingerprint density at radius 1 is 1.04 bits per heavy atom. The molecule has 1 amide bonds. The fourth-order valence-electron chi connectivity index (χ4n) is 3.20. The number of hydrogen-bond donors (Lipinski definition) is 1. The number of halogens is 1. The molecule has 1 aromatic heterocycles. The molecule has 0 unspecified atom stereocenters. The minimum absolute atomic E-state index is 0.0655. The van der Waals surface area contributed by atoms with E-state index < -0.39 is 0 Å². The van der Waals surface area contributed by atoms with E-state index in [4.69, 9.17) is 25.8 Å². The van der Waals surface area contributed by atoms with Gasteiger partial charge in [-0.1, -0.05) is 0 Å². The van der Waals surface area contributed by atoms with Gasteiger partial charge in [0.05, 0.1) is 38.2 Å².